The molecule has 1 unspecified atom stereocenters. The maximum absolute atomic E-state index is 11.5. The summed E-state index contributed by atoms with van der Waals surface area (Å²) in [6.07, 6.45) is 0.422. The zero-order valence-electron chi connectivity index (χ0n) is 10.5. The van der Waals surface area contributed by atoms with Crippen molar-refractivity contribution in [3.63, 3.8) is 0 Å². The number of carbonyl (C=O) groups is 1. The SMILES string of the molecule is C/C(=C/C(=O)OC(C)c1ccccc1)OP(=O)(O)O. The molecule has 0 fully saturated rings. The maximum Gasteiger partial charge on any atom is 0.524 e. The zero-order valence-corrected chi connectivity index (χ0v) is 11.4. The van der Waals surface area contributed by atoms with Gasteiger partial charge in [-0.1, -0.05) is 30.3 Å². The van der Waals surface area contributed by atoms with Gasteiger partial charge in [0, 0.05) is 0 Å². The van der Waals surface area contributed by atoms with Gasteiger partial charge in [0.05, 0.1) is 6.08 Å². The molecule has 1 aromatic carbocycles. The van der Waals surface area contributed by atoms with E-state index >= 15 is 0 Å². The van der Waals surface area contributed by atoms with Crippen molar-refractivity contribution < 1.29 is 28.4 Å². The normalized spacial score (nSPS) is 13.8. The zero-order chi connectivity index (χ0) is 14.5. The number of hydrogen-bond acceptors (Lipinski definition) is 4. The summed E-state index contributed by atoms with van der Waals surface area (Å²) in [4.78, 5) is 28.6. The van der Waals surface area contributed by atoms with Crippen LogP contribution in [0.3, 0.4) is 0 Å². The molecule has 0 aromatic heterocycles. The fourth-order valence-electron chi connectivity index (χ4n) is 1.38. The molecule has 6 nitrogen and oxygen atoms in total. The lowest BCUT2D eigenvalue weighted by Crippen LogP contribution is -2.07. The fraction of sp³-hybridized carbons (Fsp3) is 0.250. The lowest BCUT2D eigenvalue weighted by molar-refractivity contribution is -0.142. The first kappa shape index (κ1) is 15.4. The first-order valence-electron chi connectivity index (χ1n) is 5.47. The number of phosphoric acid groups is 1. The number of carbonyl (C=O) groups excluding carboxylic acids is 1. The Labute approximate surface area is 110 Å². The van der Waals surface area contributed by atoms with Gasteiger partial charge in [0.2, 0.25) is 0 Å². The first-order valence-corrected chi connectivity index (χ1v) is 7.00. The van der Waals surface area contributed by atoms with Crippen LogP contribution in [-0.2, 0) is 18.6 Å². The van der Waals surface area contributed by atoms with Crippen LogP contribution in [0.2, 0.25) is 0 Å². The third-order valence-corrected chi connectivity index (χ3v) is 2.67. The molecule has 0 spiro atoms. The molecule has 0 amide bonds. The summed E-state index contributed by atoms with van der Waals surface area (Å²) in [6, 6.07) is 9.09. The average Bonchev–Trinajstić information content (AvgIpc) is 2.27. The van der Waals surface area contributed by atoms with Crippen molar-refractivity contribution in [3.05, 3.63) is 47.7 Å². The Morgan fingerprint density at radius 1 is 1.32 bits per heavy atom. The Bertz CT molecular complexity index is 504. The highest BCUT2D eigenvalue weighted by Gasteiger charge is 2.17. The van der Waals surface area contributed by atoms with Crippen LogP contribution >= 0.6 is 7.82 Å². The molecule has 19 heavy (non-hydrogen) atoms. The number of allylic oxidation sites excluding steroid dienone is 1. The number of ether oxygens (including phenoxy) is 1. The van der Waals surface area contributed by atoms with Crippen LogP contribution in [0.15, 0.2) is 42.2 Å². The van der Waals surface area contributed by atoms with Crippen molar-refractivity contribution in [2.45, 2.75) is 20.0 Å². The molecular weight excluding hydrogens is 271 g/mol. The molecule has 0 aliphatic heterocycles. The second-order valence-corrected chi connectivity index (χ2v) is 4.99. The van der Waals surface area contributed by atoms with Gasteiger partial charge in [0.15, 0.2) is 0 Å². The number of hydrogen-bond donors (Lipinski definition) is 2. The smallest absolute Gasteiger partial charge is 0.455 e. The van der Waals surface area contributed by atoms with Crippen LogP contribution < -0.4 is 0 Å². The van der Waals surface area contributed by atoms with Crippen molar-refractivity contribution in [1.29, 1.82) is 0 Å². The molecule has 0 heterocycles. The second kappa shape index (κ2) is 6.52. The minimum Gasteiger partial charge on any atom is -0.455 e. The molecule has 0 radical (unpaired) electrons. The average molecular weight is 286 g/mol. The fourth-order valence-corrected chi connectivity index (χ4v) is 1.81. The number of benzene rings is 1. The van der Waals surface area contributed by atoms with E-state index in [2.05, 4.69) is 4.52 Å². The summed E-state index contributed by atoms with van der Waals surface area (Å²) in [5.41, 5.74) is 0.817. The second-order valence-electron chi connectivity index (χ2n) is 3.83. The summed E-state index contributed by atoms with van der Waals surface area (Å²) in [5.74, 6) is -0.944. The molecule has 7 heteroatoms. The highest BCUT2D eigenvalue weighted by Crippen LogP contribution is 2.38. The lowest BCUT2D eigenvalue weighted by atomic mass is 10.1. The van der Waals surface area contributed by atoms with E-state index in [4.69, 9.17) is 14.5 Å². The van der Waals surface area contributed by atoms with E-state index in [9.17, 15) is 9.36 Å². The monoisotopic (exact) mass is 286 g/mol. The van der Waals surface area contributed by atoms with E-state index in [0.29, 0.717) is 0 Å². The molecule has 1 atom stereocenters. The summed E-state index contributed by atoms with van der Waals surface area (Å²) >= 11 is 0. The molecule has 0 saturated carbocycles. The molecule has 104 valence electrons. The summed E-state index contributed by atoms with van der Waals surface area (Å²) in [5, 5.41) is 0. The number of esters is 1. The highest BCUT2D eigenvalue weighted by molar-refractivity contribution is 7.46. The molecule has 1 rings (SSSR count). The minimum absolute atomic E-state index is 0.210. The molecule has 0 aliphatic carbocycles. The molecule has 2 N–H and O–H groups in total. The van der Waals surface area contributed by atoms with Crippen molar-refractivity contribution in [1.82, 2.24) is 0 Å². The van der Waals surface area contributed by atoms with Crippen molar-refractivity contribution >= 4 is 13.8 Å². The third-order valence-electron chi connectivity index (χ3n) is 2.15. The maximum atomic E-state index is 11.5. The van der Waals surface area contributed by atoms with Crippen molar-refractivity contribution in [2.24, 2.45) is 0 Å². The van der Waals surface area contributed by atoms with Gasteiger partial charge in [-0.3, -0.25) is 9.79 Å². The van der Waals surface area contributed by atoms with E-state index in [1.54, 1.807) is 19.1 Å². The van der Waals surface area contributed by atoms with Crippen LogP contribution in [0.25, 0.3) is 0 Å². The van der Waals surface area contributed by atoms with Crippen molar-refractivity contribution in [3.8, 4) is 0 Å². The van der Waals surface area contributed by atoms with Crippen LogP contribution in [-0.4, -0.2) is 15.8 Å². The minimum atomic E-state index is -4.65. The number of phosphoric ester groups is 1. The molecule has 0 bridgehead atoms. The summed E-state index contributed by atoms with van der Waals surface area (Å²) < 4.78 is 19.8. The summed E-state index contributed by atoms with van der Waals surface area (Å²) in [7, 11) is -4.65. The van der Waals surface area contributed by atoms with Crippen molar-refractivity contribution in [2.75, 3.05) is 0 Å². The predicted molar refractivity (Wildman–Crippen MR) is 67.8 cm³/mol. The summed E-state index contributed by atoms with van der Waals surface area (Å²) in [6.45, 7) is 2.95. The third kappa shape index (κ3) is 6.20. The molecule has 1 aromatic rings. The largest absolute Gasteiger partial charge is 0.524 e. The Kier molecular flexibility index (Phi) is 5.30. The predicted octanol–water partition coefficient (Wildman–Crippen LogP) is 2.30. The Balaban J connectivity index is 2.61. The Morgan fingerprint density at radius 2 is 1.89 bits per heavy atom. The van der Waals surface area contributed by atoms with E-state index < -0.39 is 19.9 Å². The molecule has 0 aliphatic rings. The van der Waals surface area contributed by atoms with Gasteiger partial charge >= 0.3 is 13.8 Å². The van der Waals surface area contributed by atoms with Gasteiger partial charge in [-0.15, -0.1) is 0 Å². The van der Waals surface area contributed by atoms with Gasteiger partial charge in [0.1, 0.15) is 11.9 Å². The van der Waals surface area contributed by atoms with Crippen LogP contribution in [0, 0.1) is 0 Å². The van der Waals surface area contributed by atoms with Gasteiger partial charge in [0.25, 0.3) is 0 Å². The van der Waals surface area contributed by atoms with Gasteiger partial charge in [-0.25, -0.2) is 9.36 Å². The van der Waals surface area contributed by atoms with Gasteiger partial charge in [-0.05, 0) is 19.4 Å². The Morgan fingerprint density at radius 3 is 2.42 bits per heavy atom. The topological polar surface area (TPSA) is 93.1 Å². The number of rotatable bonds is 5. The van der Waals surface area contributed by atoms with E-state index in [-0.39, 0.29) is 5.76 Å². The van der Waals surface area contributed by atoms with Gasteiger partial charge < -0.3 is 9.26 Å². The van der Waals surface area contributed by atoms with E-state index in [1.165, 1.54) is 6.92 Å². The van der Waals surface area contributed by atoms with E-state index in [1.807, 2.05) is 18.2 Å². The molecular formula is C12H15O6P. The van der Waals surface area contributed by atoms with Crippen LogP contribution in [0.1, 0.15) is 25.5 Å². The Hall–Kier alpha value is -1.62. The standard InChI is InChI=1S/C12H15O6P/c1-9(18-19(14,15)16)8-12(13)17-10(2)11-6-4-3-5-7-11/h3-8,10H,1-2H3,(H2,14,15,16)/b9-8-. The first-order chi connectivity index (χ1) is 8.78. The van der Waals surface area contributed by atoms with Crippen LogP contribution in [0.5, 0.6) is 0 Å². The lowest BCUT2D eigenvalue weighted by Gasteiger charge is -2.12. The van der Waals surface area contributed by atoms with E-state index in [0.717, 1.165) is 11.6 Å². The molecule has 0 saturated heterocycles. The van der Waals surface area contributed by atoms with Gasteiger partial charge in [-0.2, -0.15) is 0 Å². The quantitative estimate of drug-likeness (QED) is 0.373. The van der Waals surface area contributed by atoms with Crippen LogP contribution in [0.4, 0.5) is 0 Å². The highest BCUT2D eigenvalue weighted by atomic mass is 31.2.